The molecule has 7 nitrogen and oxygen atoms in total. The molecular weight excluding hydrogens is 408 g/mol. The van der Waals surface area contributed by atoms with Gasteiger partial charge in [0.25, 0.3) is 0 Å². The summed E-state index contributed by atoms with van der Waals surface area (Å²) in [6.45, 7) is 5.25. The lowest BCUT2D eigenvalue weighted by Crippen LogP contribution is -2.36. The molecule has 0 radical (unpaired) electrons. The van der Waals surface area contributed by atoms with Crippen LogP contribution in [0.3, 0.4) is 0 Å². The van der Waals surface area contributed by atoms with E-state index >= 15 is 0 Å². The van der Waals surface area contributed by atoms with Crippen LogP contribution in [0, 0.1) is 0 Å². The quantitative estimate of drug-likeness (QED) is 0.483. The molecule has 3 rings (SSSR count). The van der Waals surface area contributed by atoms with Crippen LogP contribution in [0.2, 0.25) is 0 Å². The molecule has 0 unspecified atom stereocenters. The van der Waals surface area contributed by atoms with Crippen LogP contribution in [0.15, 0.2) is 17.6 Å². The van der Waals surface area contributed by atoms with Crippen LogP contribution < -0.4 is 15.4 Å². The maximum atomic E-state index is 12.3. The van der Waals surface area contributed by atoms with Crippen molar-refractivity contribution in [1.29, 1.82) is 0 Å². The summed E-state index contributed by atoms with van der Waals surface area (Å²) < 4.78 is 23.5. The molecule has 0 atom stereocenters. The maximum absolute atomic E-state index is 12.3. The van der Waals surface area contributed by atoms with Gasteiger partial charge in [-0.2, -0.15) is 0 Å². The molecule has 160 valence electrons. The first-order chi connectivity index (χ1) is 13.9. The summed E-state index contributed by atoms with van der Waals surface area (Å²) in [6, 6.07) is 1.82. The molecule has 5 N–H and O–H groups in total. The summed E-state index contributed by atoms with van der Waals surface area (Å²) >= 11 is 1.56. The minimum absolute atomic E-state index is 0.340. The molecule has 1 aliphatic rings. The van der Waals surface area contributed by atoms with Gasteiger partial charge in [0, 0.05) is 47.9 Å². The Hall–Kier alpha value is -1.81. The highest BCUT2D eigenvalue weighted by atomic mass is 32.3. The molecule has 2 aromatic rings. The third-order valence-electron chi connectivity index (χ3n) is 5.09. The fourth-order valence-electron chi connectivity index (χ4n) is 3.86. The molecule has 1 amide bonds. The van der Waals surface area contributed by atoms with Gasteiger partial charge in [-0.3, -0.25) is 18.2 Å². The number of primary amides is 1. The van der Waals surface area contributed by atoms with Crippen molar-refractivity contribution in [3.63, 3.8) is 0 Å². The number of amides is 1. The number of nitrogens with two attached hydrogens (primary N) is 1. The van der Waals surface area contributed by atoms with Crippen molar-refractivity contribution in [3.8, 4) is 0 Å². The first kappa shape index (κ1) is 21.9. The van der Waals surface area contributed by atoms with E-state index in [1.54, 1.807) is 21.8 Å². The highest BCUT2D eigenvalue weighted by Gasteiger charge is 2.33. The number of hydrogen-bond donors (Lipinski definition) is 4. The molecule has 0 spiro atoms. The van der Waals surface area contributed by atoms with Crippen molar-refractivity contribution in [1.82, 2.24) is 4.98 Å². The summed E-state index contributed by atoms with van der Waals surface area (Å²) in [5.74, 6) is -0.157. The zero-order valence-electron chi connectivity index (χ0n) is 17.0. The van der Waals surface area contributed by atoms with Crippen molar-refractivity contribution in [2.24, 2.45) is 5.73 Å². The number of nitrogens with zero attached hydrogens (tertiary/aromatic N) is 2. The highest BCUT2D eigenvalue weighted by molar-refractivity contribution is 8.25. The number of thiazole rings is 1. The van der Waals surface area contributed by atoms with Gasteiger partial charge in [-0.1, -0.05) is 13.3 Å². The summed E-state index contributed by atoms with van der Waals surface area (Å²) in [6.07, 6.45) is 5.42. The summed E-state index contributed by atoms with van der Waals surface area (Å²) in [4.78, 5) is 16.8. The molecule has 1 saturated heterocycles. The van der Waals surface area contributed by atoms with E-state index in [4.69, 9.17) is 5.73 Å². The summed E-state index contributed by atoms with van der Waals surface area (Å²) in [7, 11) is -2.96. The fraction of sp³-hybridized carbons (Fsp3) is 0.500. The number of rotatable bonds is 8. The van der Waals surface area contributed by atoms with Gasteiger partial charge in [0.2, 0.25) is 5.91 Å². The van der Waals surface area contributed by atoms with Gasteiger partial charge < -0.3 is 11.1 Å². The number of carbonyl (C=O) groups is 1. The van der Waals surface area contributed by atoms with Crippen molar-refractivity contribution < 1.29 is 13.9 Å². The standard InChI is InChI=1S/C20H30N4O3S2/c1-3-7-14-15(20(21)25)12-17(22-4-2)16(13-18-23-8-10-28-18)19(14)24-9-5-6-11-29(24,26)27/h8,10,12,22,26-27H,3-7,9,11,13H2,1-2H3,(H2,21,25). The van der Waals surface area contributed by atoms with Crippen molar-refractivity contribution >= 4 is 39.4 Å². The molecule has 1 aromatic heterocycles. The van der Waals surface area contributed by atoms with E-state index in [9.17, 15) is 13.9 Å². The largest absolute Gasteiger partial charge is 0.385 e. The molecule has 1 aromatic carbocycles. The molecule has 0 bridgehead atoms. The van der Waals surface area contributed by atoms with Crippen LogP contribution in [-0.2, 0) is 12.8 Å². The number of benzene rings is 1. The Balaban J connectivity index is 2.29. The topological polar surface area (TPSA) is 112 Å². The maximum Gasteiger partial charge on any atom is 0.249 e. The van der Waals surface area contributed by atoms with Crippen molar-refractivity contribution in [2.75, 3.05) is 28.5 Å². The van der Waals surface area contributed by atoms with Gasteiger partial charge in [0.1, 0.15) is 0 Å². The lowest BCUT2D eigenvalue weighted by atomic mass is 9.93. The average molecular weight is 439 g/mol. The van der Waals surface area contributed by atoms with Crippen LogP contribution in [0.4, 0.5) is 11.4 Å². The summed E-state index contributed by atoms with van der Waals surface area (Å²) in [5.41, 5.74) is 9.48. The third kappa shape index (κ3) is 4.69. The first-order valence-electron chi connectivity index (χ1n) is 10.0. The van der Waals surface area contributed by atoms with Gasteiger partial charge in [0.15, 0.2) is 0 Å². The molecule has 1 fully saturated rings. The predicted octanol–water partition coefficient (Wildman–Crippen LogP) is 4.48. The average Bonchev–Trinajstić information content (AvgIpc) is 3.17. The number of aromatic nitrogens is 1. The number of nitrogens with one attached hydrogen (secondary N) is 1. The first-order valence-corrected chi connectivity index (χ1v) is 12.6. The predicted molar refractivity (Wildman–Crippen MR) is 122 cm³/mol. The van der Waals surface area contributed by atoms with E-state index in [0.717, 1.165) is 46.8 Å². The third-order valence-corrected chi connectivity index (χ3v) is 7.77. The molecule has 0 aliphatic carbocycles. The smallest absolute Gasteiger partial charge is 0.249 e. The van der Waals surface area contributed by atoms with Crippen LogP contribution >= 0.6 is 22.1 Å². The lowest BCUT2D eigenvalue weighted by molar-refractivity contribution is 0.0999. The van der Waals surface area contributed by atoms with E-state index in [2.05, 4.69) is 10.3 Å². The van der Waals surface area contributed by atoms with E-state index < -0.39 is 16.7 Å². The zero-order chi connectivity index (χ0) is 21.0. The Morgan fingerprint density at radius 3 is 2.72 bits per heavy atom. The summed E-state index contributed by atoms with van der Waals surface area (Å²) in [5, 5.41) is 6.22. The van der Waals surface area contributed by atoms with Gasteiger partial charge >= 0.3 is 0 Å². The monoisotopic (exact) mass is 438 g/mol. The van der Waals surface area contributed by atoms with Crippen LogP contribution in [0.5, 0.6) is 0 Å². The normalized spacial score (nSPS) is 17.2. The Kier molecular flexibility index (Phi) is 7.05. The molecule has 29 heavy (non-hydrogen) atoms. The molecule has 2 heterocycles. The molecule has 9 heteroatoms. The minimum Gasteiger partial charge on any atom is -0.385 e. The van der Waals surface area contributed by atoms with Crippen molar-refractivity contribution in [2.45, 2.75) is 46.0 Å². The van der Waals surface area contributed by atoms with E-state index in [0.29, 0.717) is 37.2 Å². The fourth-order valence-corrected chi connectivity index (χ4v) is 6.24. The second kappa shape index (κ2) is 9.34. The number of hydrogen-bond acceptors (Lipinski definition) is 7. The van der Waals surface area contributed by atoms with E-state index in [-0.39, 0.29) is 0 Å². The van der Waals surface area contributed by atoms with Crippen LogP contribution in [0.1, 0.15) is 59.6 Å². The van der Waals surface area contributed by atoms with E-state index in [1.165, 1.54) is 0 Å². The van der Waals surface area contributed by atoms with Crippen LogP contribution in [-0.4, -0.2) is 38.8 Å². The molecule has 1 aliphatic heterocycles. The molecular formula is C20H30N4O3S2. The van der Waals surface area contributed by atoms with Gasteiger partial charge in [-0.05, 0) is 37.8 Å². The molecule has 0 saturated carbocycles. The van der Waals surface area contributed by atoms with Gasteiger partial charge in [-0.25, -0.2) is 4.98 Å². The lowest BCUT2D eigenvalue weighted by Gasteiger charge is -2.49. The Morgan fingerprint density at radius 1 is 1.34 bits per heavy atom. The van der Waals surface area contributed by atoms with E-state index in [1.807, 2.05) is 25.3 Å². The Labute approximate surface area is 177 Å². The van der Waals surface area contributed by atoms with Gasteiger partial charge in [-0.15, -0.1) is 22.1 Å². The Morgan fingerprint density at radius 2 is 2.14 bits per heavy atom. The Bertz CT molecular complexity index is 856. The number of carbonyl (C=O) groups excluding carboxylic acids is 1. The van der Waals surface area contributed by atoms with Crippen LogP contribution in [0.25, 0.3) is 0 Å². The second-order valence-electron chi connectivity index (χ2n) is 7.17. The SMILES string of the molecule is CCCc1c(C(N)=O)cc(NCC)c(Cc2nccs2)c1N1CCCCS1(O)O. The second-order valence-corrected chi connectivity index (χ2v) is 10.3. The number of anilines is 2. The van der Waals surface area contributed by atoms with Gasteiger partial charge in [0.05, 0.1) is 16.4 Å². The zero-order valence-corrected chi connectivity index (χ0v) is 18.6. The minimum atomic E-state index is -2.96. The van der Waals surface area contributed by atoms with Crippen molar-refractivity contribution in [3.05, 3.63) is 39.3 Å². The highest BCUT2D eigenvalue weighted by Crippen LogP contribution is 2.53.